The van der Waals surface area contributed by atoms with Crippen LogP contribution in [0.2, 0.25) is 0 Å². The van der Waals surface area contributed by atoms with Gasteiger partial charge in [-0.15, -0.1) is 10.2 Å². The highest BCUT2D eigenvalue weighted by Gasteiger charge is 2.34. The first-order valence-corrected chi connectivity index (χ1v) is 8.36. The summed E-state index contributed by atoms with van der Waals surface area (Å²) in [4.78, 5) is 25.8. The van der Waals surface area contributed by atoms with E-state index in [9.17, 15) is 9.59 Å². The third kappa shape index (κ3) is 4.23. The van der Waals surface area contributed by atoms with Gasteiger partial charge in [0.15, 0.2) is 0 Å². The average molecular weight is 310 g/mol. The van der Waals surface area contributed by atoms with Crippen molar-refractivity contribution in [2.45, 2.75) is 46.0 Å². The molecule has 0 bridgehead atoms. The van der Waals surface area contributed by atoms with Crippen LogP contribution in [0.25, 0.3) is 0 Å². The molecule has 0 radical (unpaired) electrons. The van der Waals surface area contributed by atoms with Crippen LogP contribution in [0.15, 0.2) is 0 Å². The highest BCUT2D eigenvalue weighted by atomic mass is 32.1. The van der Waals surface area contributed by atoms with E-state index < -0.39 is 0 Å². The molecule has 2 heterocycles. The number of hydrogen-bond acceptors (Lipinski definition) is 5. The van der Waals surface area contributed by atoms with Crippen molar-refractivity contribution in [2.75, 3.05) is 18.4 Å². The Hall–Kier alpha value is -1.50. The predicted octanol–water partition coefficient (Wildman–Crippen LogP) is 2.08. The van der Waals surface area contributed by atoms with Crippen molar-refractivity contribution >= 4 is 28.3 Å². The zero-order valence-corrected chi connectivity index (χ0v) is 13.4. The molecule has 1 N–H and O–H groups in total. The molecule has 1 aliphatic heterocycles. The summed E-state index contributed by atoms with van der Waals surface area (Å²) < 4.78 is 0. The van der Waals surface area contributed by atoms with Gasteiger partial charge in [0, 0.05) is 25.9 Å². The molecule has 2 amide bonds. The largest absolute Gasteiger partial charge is 0.342 e. The summed E-state index contributed by atoms with van der Waals surface area (Å²) in [5.74, 6) is -0.318. The van der Waals surface area contributed by atoms with Gasteiger partial charge in [-0.3, -0.25) is 9.59 Å². The molecule has 6 nitrogen and oxygen atoms in total. The van der Waals surface area contributed by atoms with Crippen LogP contribution in [-0.4, -0.2) is 40.0 Å². The quantitative estimate of drug-likeness (QED) is 0.836. The van der Waals surface area contributed by atoms with Crippen LogP contribution in [0.1, 0.15) is 44.5 Å². The number of unbranched alkanes of at least 4 members (excludes halogenated alkanes) is 1. The molecule has 21 heavy (non-hydrogen) atoms. The molecule has 1 atom stereocenters. The maximum absolute atomic E-state index is 12.2. The summed E-state index contributed by atoms with van der Waals surface area (Å²) in [6.45, 7) is 5.44. The third-order valence-electron chi connectivity index (χ3n) is 3.53. The number of aryl methyl sites for hydroxylation is 1. The van der Waals surface area contributed by atoms with Crippen molar-refractivity contribution in [3.8, 4) is 0 Å². The van der Waals surface area contributed by atoms with Gasteiger partial charge in [0.05, 0.1) is 5.92 Å². The number of amides is 2. The normalized spacial score (nSPS) is 18.3. The first-order valence-electron chi connectivity index (χ1n) is 7.55. The monoisotopic (exact) mass is 310 g/mol. The molecular formula is C14H22N4O2S. The average Bonchev–Trinajstić information content (AvgIpc) is 3.04. The molecule has 0 saturated carbocycles. The molecule has 1 unspecified atom stereocenters. The number of carbonyl (C=O) groups excluding carboxylic acids is 2. The second-order valence-corrected chi connectivity index (χ2v) is 6.40. The maximum Gasteiger partial charge on any atom is 0.231 e. The highest BCUT2D eigenvalue weighted by Crippen LogP contribution is 2.22. The Morgan fingerprint density at radius 2 is 2.19 bits per heavy atom. The minimum Gasteiger partial charge on any atom is -0.342 e. The Morgan fingerprint density at radius 3 is 2.90 bits per heavy atom. The zero-order valence-electron chi connectivity index (χ0n) is 12.6. The molecule has 2 rings (SSSR count). The topological polar surface area (TPSA) is 75.2 Å². The molecule has 0 aliphatic carbocycles. The Morgan fingerprint density at radius 1 is 1.38 bits per heavy atom. The SMILES string of the molecule is CCCCN1CC(C(=O)Nc2nnc(CCC)s2)CC1=O. The van der Waals surface area contributed by atoms with Gasteiger partial charge >= 0.3 is 0 Å². The van der Waals surface area contributed by atoms with E-state index in [0.29, 0.717) is 18.1 Å². The minimum atomic E-state index is -0.270. The lowest BCUT2D eigenvalue weighted by atomic mass is 10.1. The van der Waals surface area contributed by atoms with Crippen molar-refractivity contribution in [1.29, 1.82) is 0 Å². The van der Waals surface area contributed by atoms with E-state index in [-0.39, 0.29) is 17.7 Å². The van der Waals surface area contributed by atoms with E-state index in [2.05, 4.69) is 29.4 Å². The van der Waals surface area contributed by atoms with Crippen LogP contribution in [0, 0.1) is 5.92 Å². The Kier molecular flexibility index (Phi) is 5.67. The molecule has 0 spiro atoms. The lowest BCUT2D eigenvalue weighted by Crippen LogP contribution is -2.29. The van der Waals surface area contributed by atoms with Gasteiger partial charge in [-0.25, -0.2) is 0 Å². The molecule has 1 fully saturated rings. The molecule has 1 aliphatic rings. The molecule has 1 aromatic heterocycles. The first-order chi connectivity index (χ1) is 10.1. The number of nitrogens with one attached hydrogen (secondary N) is 1. The van der Waals surface area contributed by atoms with Crippen LogP contribution in [-0.2, 0) is 16.0 Å². The molecule has 1 aromatic rings. The predicted molar refractivity (Wildman–Crippen MR) is 82.1 cm³/mol. The Bertz CT molecular complexity index is 503. The molecule has 1 saturated heterocycles. The van der Waals surface area contributed by atoms with Gasteiger partial charge < -0.3 is 10.2 Å². The van der Waals surface area contributed by atoms with E-state index in [1.165, 1.54) is 11.3 Å². The number of hydrogen-bond donors (Lipinski definition) is 1. The van der Waals surface area contributed by atoms with Crippen LogP contribution >= 0.6 is 11.3 Å². The summed E-state index contributed by atoms with van der Waals surface area (Å²) in [5.41, 5.74) is 0. The second-order valence-electron chi connectivity index (χ2n) is 5.33. The van der Waals surface area contributed by atoms with Gasteiger partial charge in [-0.1, -0.05) is 31.6 Å². The van der Waals surface area contributed by atoms with Gasteiger partial charge in [-0.05, 0) is 12.8 Å². The van der Waals surface area contributed by atoms with Crippen LogP contribution < -0.4 is 5.32 Å². The van der Waals surface area contributed by atoms with Crippen molar-refractivity contribution in [1.82, 2.24) is 15.1 Å². The number of nitrogens with zero attached hydrogens (tertiary/aromatic N) is 3. The van der Waals surface area contributed by atoms with E-state index >= 15 is 0 Å². The van der Waals surface area contributed by atoms with Crippen molar-refractivity contribution < 1.29 is 9.59 Å². The number of aromatic nitrogens is 2. The fourth-order valence-corrected chi connectivity index (χ4v) is 3.18. The molecular weight excluding hydrogens is 288 g/mol. The maximum atomic E-state index is 12.2. The summed E-state index contributed by atoms with van der Waals surface area (Å²) in [5, 5.41) is 12.3. The summed E-state index contributed by atoms with van der Waals surface area (Å²) in [6.07, 6.45) is 4.21. The van der Waals surface area contributed by atoms with E-state index in [4.69, 9.17) is 0 Å². The van der Waals surface area contributed by atoms with Crippen LogP contribution in [0.3, 0.4) is 0 Å². The third-order valence-corrected chi connectivity index (χ3v) is 4.43. The highest BCUT2D eigenvalue weighted by molar-refractivity contribution is 7.15. The van der Waals surface area contributed by atoms with Gasteiger partial charge in [0.1, 0.15) is 5.01 Å². The van der Waals surface area contributed by atoms with E-state index in [1.54, 1.807) is 4.90 Å². The fraction of sp³-hybridized carbons (Fsp3) is 0.714. The van der Waals surface area contributed by atoms with Gasteiger partial charge in [-0.2, -0.15) is 0 Å². The summed E-state index contributed by atoms with van der Waals surface area (Å²) >= 11 is 1.41. The number of carbonyl (C=O) groups is 2. The molecule has 116 valence electrons. The van der Waals surface area contributed by atoms with Crippen molar-refractivity contribution in [2.24, 2.45) is 5.92 Å². The lowest BCUT2D eigenvalue weighted by Gasteiger charge is -2.15. The lowest BCUT2D eigenvalue weighted by molar-refractivity contribution is -0.128. The zero-order chi connectivity index (χ0) is 15.2. The van der Waals surface area contributed by atoms with Crippen LogP contribution in [0.5, 0.6) is 0 Å². The Balaban J connectivity index is 1.87. The summed E-state index contributed by atoms with van der Waals surface area (Å²) in [7, 11) is 0. The minimum absolute atomic E-state index is 0.0764. The fourth-order valence-electron chi connectivity index (χ4n) is 2.34. The summed E-state index contributed by atoms with van der Waals surface area (Å²) in [6, 6.07) is 0. The van der Waals surface area contributed by atoms with Gasteiger partial charge in [0.2, 0.25) is 16.9 Å². The van der Waals surface area contributed by atoms with Gasteiger partial charge in [0.25, 0.3) is 0 Å². The van der Waals surface area contributed by atoms with Crippen LogP contribution in [0.4, 0.5) is 5.13 Å². The number of anilines is 1. The second kappa shape index (κ2) is 7.49. The smallest absolute Gasteiger partial charge is 0.231 e. The molecule has 7 heteroatoms. The van der Waals surface area contributed by atoms with E-state index in [0.717, 1.165) is 37.2 Å². The first kappa shape index (κ1) is 15.9. The molecule has 0 aromatic carbocycles. The number of rotatable bonds is 7. The number of likely N-dealkylation sites (tertiary alicyclic amines) is 1. The van der Waals surface area contributed by atoms with E-state index in [1.807, 2.05) is 0 Å². The Labute approximate surface area is 128 Å². The van der Waals surface area contributed by atoms with Crippen molar-refractivity contribution in [3.05, 3.63) is 5.01 Å². The van der Waals surface area contributed by atoms with Crippen molar-refractivity contribution in [3.63, 3.8) is 0 Å². The standard InChI is InChI=1S/C14H22N4O2S/c1-3-5-7-18-9-10(8-12(18)19)13(20)15-14-17-16-11(21-14)6-4-2/h10H,3-9H2,1-2H3,(H,15,17,20).